The summed E-state index contributed by atoms with van der Waals surface area (Å²) in [6, 6.07) is -0.0895. The standard InChI is InChI=1S/C13H14N4O6/c1-15-9-10-14-12(15)23-8(19)5-3-4-7(18)22-6-17(10)13(21)16(2)11(9)20/h3-6H2,1-2H3. The van der Waals surface area contributed by atoms with Crippen molar-refractivity contribution in [2.45, 2.75) is 26.0 Å². The van der Waals surface area contributed by atoms with Crippen molar-refractivity contribution < 1.29 is 19.1 Å². The number of hydrogen-bond donors (Lipinski definition) is 0. The first-order valence-corrected chi connectivity index (χ1v) is 6.92. The average Bonchev–Trinajstić information content (AvgIpc) is 2.81. The molecule has 2 aromatic rings. The second-order valence-electron chi connectivity index (χ2n) is 5.17. The molecule has 0 saturated heterocycles. The maximum Gasteiger partial charge on any atom is 0.335 e. The molecule has 2 bridgehead atoms. The SMILES string of the molecule is Cn1c(=O)c2c3nc(n2C)OC(=O)CCCC(=O)OCn3c1=O. The van der Waals surface area contributed by atoms with Gasteiger partial charge in [-0.25, -0.2) is 9.36 Å². The summed E-state index contributed by atoms with van der Waals surface area (Å²) in [5.41, 5.74) is -1.19. The summed E-state index contributed by atoms with van der Waals surface area (Å²) in [5.74, 6) is -1.13. The summed E-state index contributed by atoms with van der Waals surface area (Å²) in [6.45, 7) is -0.368. The summed E-state index contributed by atoms with van der Waals surface area (Å²) in [7, 11) is 2.80. The fourth-order valence-electron chi connectivity index (χ4n) is 2.36. The van der Waals surface area contributed by atoms with E-state index in [9.17, 15) is 19.2 Å². The molecule has 0 radical (unpaired) electrons. The van der Waals surface area contributed by atoms with Crippen molar-refractivity contribution in [3.05, 3.63) is 20.8 Å². The Balaban J connectivity index is 2.31. The number of hydrogen-bond acceptors (Lipinski definition) is 7. The normalized spacial score (nSPS) is 15.9. The van der Waals surface area contributed by atoms with E-state index in [4.69, 9.17) is 9.47 Å². The van der Waals surface area contributed by atoms with E-state index >= 15 is 0 Å². The fourth-order valence-corrected chi connectivity index (χ4v) is 2.36. The Kier molecular flexibility index (Phi) is 3.51. The molecule has 0 spiro atoms. The van der Waals surface area contributed by atoms with Crippen LogP contribution in [0.5, 0.6) is 6.01 Å². The van der Waals surface area contributed by atoms with E-state index in [1.54, 1.807) is 0 Å². The highest BCUT2D eigenvalue weighted by molar-refractivity contribution is 5.76. The second-order valence-corrected chi connectivity index (χ2v) is 5.17. The molecule has 0 amide bonds. The molecule has 0 aromatic carbocycles. The molecule has 1 aliphatic heterocycles. The molecule has 10 heteroatoms. The summed E-state index contributed by atoms with van der Waals surface area (Å²) < 4.78 is 13.4. The number of carbonyl (C=O) groups is 2. The van der Waals surface area contributed by atoms with E-state index < -0.39 is 23.2 Å². The summed E-state index contributed by atoms with van der Waals surface area (Å²) in [4.78, 5) is 52.0. The number of fused-ring (bicyclic) bond motifs is 1. The predicted octanol–water partition coefficient (Wildman–Crippen LogP) is -0.976. The first-order chi connectivity index (χ1) is 10.9. The minimum Gasteiger partial charge on any atom is -0.444 e. The summed E-state index contributed by atoms with van der Waals surface area (Å²) in [5, 5.41) is 0. The molecule has 23 heavy (non-hydrogen) atoms. The molecule has 0 saturated carbocycles. The lowest BCUT2D eigenvalue weighted by Crippen LogP contribution is -2.39. The highest BCUT2D eigenvalue weighted by atomic mass is 16.6. The van der Waals surface area contributed by atoms with Gasteiger partial charge in [-0.15, -0.1) is 0 Å². The third kappa shape index (κ3) is 2.41. The van der Waals surface area contributed by atoms with Crippen LogP contribution in [0.2, 0.25) is 0 Å². The maximum absolute atomic E-state index is 12.3. The van der Waals surface area contributed by atoms with E-state index in [-0.39, 0.29) is 43.2 Å². The number of imidazole rings is 1. The van der Waals surface area contributed by atoms with Crippen LogP contribution in [0.4, 0.5) is 0 Å². The van der Waals surface area contributed by atoms with E-state index in [0.717, 1.165) is 9.13 Å². The fraction of sp³-hybridized carbons (Fsp3) is 0.462. The topological polar surface area (TPSA) is 114 Å². The molecule has 3 heterocycles. The van der Waals surface area contributed by atoms with Crippen LogP contribution in [0.1, 0.15) is 19.3 Å². The Morgan fingerprint density at radius 3 is 2.43 bits per heavy atom. The molecule has 10 nitrogen and oxygen atoms in total. The van der Waals surface area contributed by atoms with Gasteiger partial charge in [0.15, 0.2) is 17.9 Å². The van der Waals surface area contributed by atoms with Gasteiger partial charge in [-0.05, 0) is 6.42 Å². The average molecular weight is 322 g/mol. The van der Waals surface area contributed by atoms with Gasteiger partial charge in [-0.3, -0.25) is 23.5 Å². The molecule has 0 fully saturated rings. The zero-order chi connectivity index (χ0) is 16.7. The number of cyclic esters (lactones) is 1. The number of aryl methyl sites for hydroxylation is 1. The third-order valence-corrected chi connectivity index (χ3v) is 3.64. The van der Waals surface area contributed by atoms with Crippen molar-refractivity contribution in [2.24, 2.45) is 14.1 Å². The highest BCUT2D eigenvalue weighted by Crippen LogP contribution is 2.17. The van der Waals surface area contributed by atoms with Gasteiger partial charge in [0.25, 0.3) is 5.56 Å². The van der Waals surface area contributed by atoms with Crippen molar-refractivity contribution in [2.75, 3.05) is 0 Å². The van der Waals surface area contributed by atoms with Gasteiger partial charge < -0.3 is 9.47 Å². The molecular formula is C13H14N4O6. The number of nitrogens with zero attached hydrogens (tertiary/aromatic N) is 4. The summed E-state index contributed by atoms with van der Waals surface area (Å²) >= 11 is 0. The van der Waals surface area contributed by atoms with E-state index in [1.807, 2.05) is 0 Å². The van der Waals surface area contributed by atoms with Crippen molar-refractivity contribution in [1.82, 2.24) is 18.7 Å². The van der Waals surface area contributed by atoms with Crippen molar-refractivity contribution in [3.63, 3.8) is 0 Å². The van der Waals surface area contributed by atoms with Crippen LogP contribution in [-0.2, 0) is 35.2 Å². The Labute approximate surface area is 128 Å². The molecule has 2 aromatic heterocycles. The lowest BCUT2D eigenvalue weighted by molar-refractivity contribution is -0.147. The van der Waals surface area contributed by atoms with E-state index in [0.29, 0.717) is 0 Å². The number of rotatable bonds is 0. The number of aromatic nitrogens is 4. The number of esters is 2. The molecule has 122 valence electrons. The minimum absolute atomic E-state index is 0.00299. The molecule has 0 N–H and O–H groups in total. The van der Waals surface area contributed by atoms with E-state index in [1.165, 1.54) is 18.7 Å². The lowest BCUT2D eigenvalue weighted by atomic mass is 10.2. The zero-order valence-corrected chi connectivity index (χ0v) is 12.6. The third-order valence-electron chi connectivity index (χ3n) is 3.64. The minimum atomic E-state index is -0.677. The second kappa shape index (κ2) is 5.38. The highest BCUT2D eigenvalue weighted by Gasteiger charge is 2.22. The van der Waals surface area contributed by atoms with Crippen LogP contribution < -0.4 is 16.0 Å². The first-order valence-electron chi connectivity index (χ1n) is 6.92. The Morgan fingerprint density at radius 2 is 1.70 bits per heavy atom. The van der Waals surface area contributed by atoms with Gasteiger partial charge in [0.2, 0.25) is 0 Å². The smallest absolute Gasteiger partial charge is 0.335 e. The largest absolute Gasteiger partial charge is 0.444 e. The molecule has 0 atom stereocenters. The Morgan fingerprint density at radius 1 is 1.00 bits per heavy atom. The summed E-state index contributed by atoms with van der Waals surface area (Å²) in [6.07, 6.45) is 0.303. The predicted molar refractivity (Wildman–Crippen MR) is 75.8 cm³/mol. The molecular weight excluding hydrogens is 308 g/mol. The molecule has 1 aliphatic rings. The maximum atomic E-state index is 12.3. The number of carbonyl (C=O) groups excluding carboxylic acids is 2. The molecule has 3 rings (SSSR count). The van der Waals surface area contributed by atoms with Crippen LogP contribution >= 0.6 is 0 Å². The van der Waals surface area contributed by atoms with Crippen molar-refractivity contribution >= 4 is 23.1 Å². The molecule has 0 aliphatic carbocycles. The van der Waals surface area contributed by atoms with Gasteiger partial charge in [-0.2, -0.15) is 4.98 Å². The molecule has 0 unspecified atom stereocenters. The quantitative estimate of drug-likeness (QED) is 0.573. The first kappa shape index (κ1) is 15.0. The van der Waals surface area contributed by atoms with Crippen molar-refractivity contribution in [1.29, 1.82) is 0 Å². The van der Waals surface area contributed by atoms with Gasteiger partial charge in [0.05, 0.1) is 0 Å². The Bertz CT molecular complexity index is 935. The van der Waals surface area contributed by atoms with Crippen LogP contribution in [0.15, 0.2) is 9.59 Å². The van der Waals surface area contributed by atoms with E-state index in [2.05, 4.69) is 4.98 Å². The van der Waals surface area contributed by atoms with Crippen LogP contribution in [0.3, 0.4) is 0 Å². The lowest BCUT2D eigenvalue weighted by Gasteiger charge is -2.09. The number of ether oxygens (including phenoxy) is 2. The Hall–Kier alpha value is -2.91. The van der Waals surface area contributed by atoms with Gasteiger partial charge in [0, 0.05) is 26.9 Å². The van der Waals surface area contributed by atoms with Crippen molar-refractivity contribution in [3.8, 4) is 6.01 Å². The zero-order valence-electron chi connectivity index (χ0n) is 12.6. The van der Waals surface area contributed by atoms with Gasteiger partial charge in [-0.1, -0.05) is 0 Å². The van der Waals surface area contributed by atoms with Crippen LogP contribution in [-0.4, -0.2) is 30.6 Å². The van der Waals surface area contributed by atoms with Gasteiger partial charge in [0.1, 0.15) is 0 Å². The van der Waals surface area contributed by atoms with Crippen LogP contribution in [0, 0.1) is 0 Å². The monoisotopic (exact) mass is 322 g/mol. The van der Waals surface area contributed by atoms with Crippen LogP contribution in [0.25, 0.3) is 11.2 Å². The van der Waals surface area contributed by atoms with Gasteiger partial charge >= 0.3 is 23.6 Å².